The summed E-state index contributed by atoms with van der Waals surface area (Å²) in [6, 6.07) is 7.16. The molecule has 94 valence electrons. The van der Waals surface area contributed by atoms with E-state index < -0.39 is 9.84 Å². The minimum absolute atomic E-state index is 0.375. The Bertz CT molecular complexity index is 484. The fourth-order valence-corrected chi connectivity index (χ4v) is 3.11. The predicted octanol–water partition coefficient (Wildman–Crippen LogP) is 2.42. The average molecular weight is 274 g/mol. The van der Waals surface area contributed by atoms with Crippen LogP contribution in [0.2, 0.25) is 0 Å². The van der Waals surface area contributed by atoms with Crippen LogP contribution in [0.1, 0.15) is 24.3 Å². The van der Waals surface area contributed by atoms with Crippen LogP contribution in [-0.2, 0) is 9.84 Å². The van der Waals surface area contributed by atoms with Crippen LogP contribution >= 0.6 is 11.8 Å². The molecule has 0 saturated carbocycles. The molecule has 1 heterocycles. The highest BCUT2D eigenvalue weighted by Crippen LogP contribution is 2.28. The maximum Gasteiger partial charge on any atom is 0.175 e. The van der Waals surface area contributed by atoms with E-state index in [0.29, 0.717) is 10.8 Å². The molecule has 0 N–H and O–H groups in total. The third-order valence-electron chi connectivity index (χ3n) is 3.15. The summed E-state index contributed by atoms with van der Waals surface area (Å²) in [5, 5.41) is 0. The zero-order valence-corrected chi connectivity index (χ0v) is 11.3. The maximum absolute atomic E-state index is 11.3. The molecule has 1 unspecified atom stereocenters. The first kappa shape index (κ1) is 12.9. The van der Waals surface area contributed by atoms with E-state index in [4.69, 9.17) is 11.8 Å². The lowest BCUT2D eigenvalue weighted by atomic mass is 9.92. The van der Waals surface area contributed by atoms with Crippen molar-refractivity contribution < 1.29 is 8.42 Å². The largest absolute Gasteiger partial charge is 0.224 e. The molecule has 17 heavy (non-hydrogen) atoms. The van der Waals surface area contributed by atoms with E-state index >= 15 is 0 Å². The second-order valence-corrected chi connectivity index (χ2v) is 7.04. The zero-order chi connectivity index (χ0) is 12.5. The van der Waals surface area contributed by atoms with Gasteiger partial charge in [-0.05, 0) is 48.2 Å². The van der Waals surface area contributed by atoms with Gasteiger partial charge < -0.3 is 0 Å². The second-order valence-electron chi connectivity index (χ2n) is 4.55. The molecule has 0 amide bonds. The second kappa shape index (κ2) is 4.96. The molecule has 0 spiro atoms. The van der Waals surface area contributed by atoms with E-state index in [2.05, 4.69) is 0 Å². The maximum atomic E-state index is 11.3. The molecule has 1 aliphatic rings. The summed E-state index contributed by atoms with van der Waals surface area (Å²) in [5.41, 5.74) is 1.17. The number of nitrogens with zero attached hydrogens (tertiary/aromatic N) is 1. The highest BCUT2D eigenvalue weighted by molar-refractivity contribution is 7.90. The summed E-state index contributed by atoms with van der Waals surface area (Å²) in [7, 11) is -3.10. The van der Waals surface area contributed by atoms with Crippen molar-refractivity contribution in [1.82, 2.24) is 4.42 Å². The summed E-state index contributed by atoms with van der Waals surface area (Å²) in [6.45, 7) is 1.76. The number of hydrogen-bond donors (Lipinski definition) is 0. The van der Waals surface area contributed by atoms with Crippen LogP contribution in [0.25, 0.3) is 0 Å². The Morgan fingerprint density at radius 3 is 2.47 bits per heavy atom. The van der Waals surface area contributed by atoms with Gasteiger partial charge in [-0.15, -0.1) is 0 Å². The summed E-state index contributed by atoms with van der Waals surface area (Å²) in [5.74, 6) is 0.412. The van der Waals surface area contributed by atoms with Crippen LogP contribution in [0.15, 0.2) is 29.2 Å². The molecular formula is C12H16ClNO2S. The molecule has 1 aromatic carbocycles. The summed E-state index contributed by atoms with van der Waals surface area (Å²) in [6.07, 6.45) is 3.42. The monoisotopic (exact) mass is 273 g/mol. The fraction of sp³-hybridized carbons (Fsp3) is 0.500. The SMILES string of the molecule is CS(=O)(=O)c1ccc(C2CCCN(Cl)C2)cc1. The van der Waals surface area contributed by atoms with Gasteiger partial charge >= 0.3 is 0 Å². The summed E-state index contributed by atoms with van der Waals surface area (Å²) >= 11 is 6.00. The Labute approximate surface area is 107 Å². The Hall–Kier alpha value is -0.580. The molecule has 5 heteroatoms. The van der Waals surface area contributed by atoms with E-state index in [1.165, 1.54) is 11.8 Å². The standard InChI is InChI=1S/C12H16ClNO2S/c1-17(15,16)12-6-4-10(5-7-12)11-3-2-8-14(13)9-11/h4-7,11H,2-3,8-9H2,1H3. The molecule has 1 saturated heterocycles. The van der Waals surface area contributed by atoms with E-state index in [-0.39, 0.29) is 0 Å². The molecule has 1 aliphatic heterocycles. The Kier molecular flexibility index (Phi) is 3.76. The number of benzene rings is 1. The van der Waals surface area contributed by atoms with Gasteiger partial charge in [0, 0.05) is 19.3 Å². The summed E-state index contributed by atoms with van der Waals surface area (Å²) < 4.78 is 24.5. The topological polar surface area (TPSA) is 37.4 Å². The smallest absolute Gasteiger partial charge is 0.175 e. The molecule has 0 aliphatic carbocycles. The van der Waals surface area contributed by atoms with Crippen molar-refractivity contribution in [3.05, 3.63) is 29.8 Å². The first-order chi connectivity index (χ1) is 7.97. The van der Waals surface area contributed by atoms with Gasteiger partial charge in [0.05, 0.1) is 4.90 Å². The molecular weight excluding hydrogens is 258 g/mol. The molecule has 0 radical (unpaired) electrons. The first-order valence-electron chi connectivity index (χ1n) is 5.67. The van der Waals surface area contributed by atoms with Crippen molar-refractivity contribution in [2.24, 2.45) is 0 Å². The Morgan fingerprint density at radius 2 is 1.94 bits per heavy atom. The third kappa shape index (κ3) is 3.21. The van der Waals surface area contributed by atoms with Crippen LogP contribution in [-0.4, -0.2) is 32.2 Å². The quantitative estimate of drug-likeness (QED) is 0.777. The van der Waals surface area contributed by atoms with Gasteiger partial charge in [-0.3, -0.25) is 0 Å². The number of halogens is 1. The Balaban J connectivity index is 2.18. The van der Waals surface area contributed by atoms with Gasteiger partial charge in [0.25, 0.3) is 0 Å². The van der Waals surface area contributed by atoms with Gasteiger partial charge in [-0.2, -0.15) is 0 Å². The zero-order valence-electron chi connectivity index (χ0n) is 9.77. The minimum atomic E-state index is -3.10. The number of sulfone groups is 1. The van der Waals surface area contributed by atoms with Gasteiger partial charge in [-0.25, -0.2) is 12.8 Å². The van der Waals surface area contributed by atoms with E-state index in [9.17, 15) is 8.42 Å². The van der Waals surface area contributed by atoms with E-state index in [1.54, 1.807) is 16.6 Å². The molecule has 1 aromatic rings. The lowest BCUT2D eigenvalue weighted by molar-refractivity contribution is 0.332. The van der Waals surface area contributed by atoms with Gasteiger partial charge in [-0.1, -0.05) is 12.1 Å². The normalized spacial score (nSPS) is 22.6. The van der Waals surface area contributed by atoms with E-state index in [0.717, 1.165) is 25.9 Å². The highest BCUT2D eigenvalue weighted by atomic mass is 35.5. The molecule has 0 bridgehead atoms. The molecule has 1 fully saturated rings. The van der Waals surface area contributed by atoms with Crippen molar-refractivity contribution in [2.75, 3.05) is 19.3 Å². The number of rotatable bonds is 2. The fourth-order valence-electron chi connectivity index (χ4n) is 2.19. The van der Waals surface area contributed by atoms with Gasteiger partial charge in [0.2, 0.25) is 0 Å². The molecule has 1 atom stereocenters. The van der Waals surface area contributed by atoms with Crippen LogP contribution in [0.5, 0.6) is 0 Å². The van der Waals surface area contributed by atoms with Crippen molar-refractivity contribution >= 4 is 21.6 Å². The van der Waals surface area contributed by atoms with Crippen LogP contribution < -0.4 is 0 Å². The summed E-state index contributed by atoms with van der Waals surface area (Å²) in [4.78, 5) is 0.375. The van der Waals surface area contributed by atoms with Crippen LogP contribution in [0.3, 0.4) is 0 Å². The van der Waals surface area contributed by atoms with Crippen molar-refractivity contribution in [3.8, 4) is 0 Å². The molecule has 2 rings (SSSR count). The van der Waals surface area contributed by atoms with E-state index in [1.807, 2.05) is 12.1 Å². The van der Waals surface area contributed by atoms with Crippen molar-refractivity contribution in [3.63, 3.8) is 0 Å². The first-order valence-corrected chi connectivity index (χ1v) is 7.90. The van der Waals surface area contributed by atoms with Crippen LogP contribution in [0.4, 0.5) is 0 Å². The Morgan fingerprint density at radius 1 is 1.29 bits per heavy atom. The van der Waals surface area contributed by atoms with Crippen LogP contribution in [0, 0.1) is 0 Å². The molecule has 0 aromatic heterocycles. The highest BCUT2D eigenvalue weighted by Gasteiger charge is 2.20. The minimum Gasteiger partial charge on any atom is -0.224 e. The van der Waals surface area contributed by atoms with Gasteiger partial charge in [0.1, 0.15) is 0 Å². The molecule has 3 nitrogen and oxygen atoms in total. The van der Waals surface area contributed by atoms with Gasteiger partial charge in [0.15, 0.2) is 9.84 Å². The average Bonchev–Trinajstić information content (AvgIpc) is 2.28. The predicted molar refractivity (Wildman–Crippen MR) is 69.0 cm³/mol. The number of piperidine rings is 1. The lowest BCUT2D eigenvalue weighted by Gasteiger charge is -2.27. The van der Waals surface area contributed by atoms with Crippen molar-refractivity contribution in [2.45, 2.75) is 23.7 Å². The number of hydrogen-bond acceptors (Lipinski definition) is 3. The lowest BCUT2D eigenvalue weighted by Crippen LogP contribution is -2.26. The third-order valence-corrected chi connectivity index (χ3v) is 4.59. The van der Waals surface area contributed by atoms with Crippen molar-refractivity contribution in [1.29, 1.82) is 0 Å².